The lowest BCUT2D eigenvalue weighted by atomic mass is 9.72. The van der Waals surface area contributed by atoms with Gasteiger partial charge >= 0.3 is 12.2 Å². The van der Waals surface area contributed by atoms with Crippen LogP contribution in [0.4, 0.5) is 9.59 Å². The molecule has 8 heteroatoms. The number of ether oxygens (including phenoxy) is 2. The van der Waals surface area contributed by atoms with Gasteiger partial charge in [-0.1, -0.05) is 53.6 Å². The van der Waals surface area contributed by atoms with E-state index in [4.69, 9.17) is 16.3 Å². The Kier molecular flexibility index (Phi) is 9.48. The van der Waals surface area contributed by atoms with Gasteiger partial charge in [-0.05, 0) is 70.6 Å². The van der Waals surface area contributed by atoms with Crippen molar-refractivity contribution in [2.24, 2.45) is 5.92 Å². The minimum Gasteiger partial charge on any atom is -0.453 e. The van der Waals surface area contributed by atoms with Gasteiger partial charge in [-0.2, -0.15) is 0 Å². The van der Waals surface area contributed by atoms with Gasteiger partial charge in [0.1, 0.15) is 5.60 Å². The quantitative estimate of drug-likeness (QED) is 0.411. The Bertz CT molecular complexity index is 1100. The molecule has 0 aromatic heterocycles. The van der Waals surface area contributed by atoms with Gasteiger partial charge in [0.05, 0.1) is 12.7 Å². The molecule has 1 aliphatic rings. The molecule has 202 valence electrons. The highest BCUT2D eigenvalue weighted by molar-refractivity contribution is 6.33. The van der Waals surface area contributed by atoms with Gasteiger partial charge < -0.3 is 24.8 Å². The summed E-state index contributed by atoms with van der Waals surface area (Å²) in [5.41, 5.74) is 1.60. The topological polar surface area (TPSA) is 88.1 Å². The van der Waals surface area contributed by atoms with E-state index in [9.17, 15) is 14.7 Å². The van der Waals surface area contributed by atoms with E-state index in [-0.39, 0.29) is 12.0 Å². The normalized spacial score (nSPS) is 17.6. The average Bonchev–Trinajstić information content (AvgIpc) is 2.85. The Morgan fingerprint density at radius 1 is 1.19 bits per heavy atom. The molecule has 2 aromatic rings. The van der Waals surface area contributed by atoms with E-state index < -0.39 is 17.3 Å². The largest absolute Gasteiger partial charge is 0.453 e. The molecule has 1 fully saturated rings. The molecule has 37 heavy (non-hydrogen) atoms. The number of likely N-dealkylation sites (tertiary alicyclic amines) is 1. The number of carbonyl (C=O) groups is 2. The molecule has 2 atom stereocenters. The van der Waals surface area contributed by atoms with Gasteiger partial charge in [-0.3, -0.25) is 0 Å². The minimum absolute atomic E-state index is 0.256. The fourth-order valence-corrected chi connectivity index (χ4v) is 5.30. The van der Waals surface area contributed by atoms with Gasteiger partial charge in [0, 0.05) is 36.1 Å². The van der Waals surface area contributed by atoms with E-state index in [1.807, 2.05) is 64.1 Å². The SMILES string of the molecule is COC(=O)NCCCC(O)(c1cccc(Cl)c1-c1cccc(C)c1)[C@@H]1CCCN(C(=O)OC(C)(C)C)C1. The van der Waals surface area contributed by atoms with E-state index in [0.717, 1.165) is 35.1 Å². The van der Waals surface area contributed by atoms with Crippen LogP contribution in [0.3, 0.4) is 0 Å². The Morgan fingerprint density at radius 3 is 2.59 bits per heavy atom. The average molecular weight is 531 g/mol. The van der Waals surface area contributed by atoms with Crippen molar-refractivity contribution in [3.8, 4) is 11.1 Å². The number of hydrogen-bond acceptors (Lipinski definition) is 5. The molecular weight excluding hydrogens is 492 g/mol. The number of nitrogens with one attached hydrogen (secondary N) is 1. The van der Waals surface area contributed by atoms with Crippen LogP contribution >= 0.6 is 11.6 Å². The number of hydrogen-bond donors (Lipinski definition) is 2. The molecule has 1 unspecified atom stereocenters. The third-order valence-electron chi connectivity index (χ3n) is 6.72. The highest BCUT2D eigenvalue weighted by Crippen LogP contribution is 2.45. The van der Waals surface area contributed by atoms with Crippen molar-refractivity contribution in [3.05, 3.63) is 58.6 Å². The second-order valence-electron chi connectivity index (χ2n) is 10.7. The smallest absolute Gasteiger partial charge is 0.410 e. The minimum atomic E-state index is -1.30. The first-order chi connectivity index (χ1) is 17.4. The number of piperidine rings is 1. The third-order valence-corrected chi connectivity index (χ3v) is 7.04. The second-order valence-corrected chi connectivity index (χ2v) is 11.2. The Hall–Kier alpha value is -2.77. The summed E-state index contributed by atoms with van der Waals surface area (Å²) >= 11 is 6.77. The Labute approximate surface area is 225 Å². The summed E-state index contributed by atoms with van der Waals surface area (Å²) in [5, 5.41) is 15.8. The molecular formula is C29H39ClN2O5. The number of halogens is 1. The molecule has 0 radical (unpaired) electrons. The third kappa shape index (κ3) is 7.39. The zero-order valence-electron chi connectivity index (χ0n) is 22.5. The molecule has 0 aliphatic carbocycles. The van der Waals surface area contributed by atoms with Crippen LogP contribution in [0.2, 0.25) is 5.02 Å². The lowest BCUT2D eigenvalue weighted by Gasteiger charge is -2.43. The summed E-state index contributed by atoms with van der Waals surface area (Å²) < 4.78 is 10.3. The van der Waals surface area contributed by atoms with Crippen molar-refractivity contribution in [1.29, 1.82) is 0 Å². The predicted molar refractivity (Wildman–Crippen MR) is 146 cm³/mol. The van der Waals surface area contributed by atoms with Crippen LogP contribution in [0.5, 0.6) is 0 Å². The fourth-order valence-electron chi connectivity index (χ4n) is 5.02. The van der Waals surface area contributed by atoms with Gasteiger partial charge in [0.2, 0.25) is 0 Å². The van der Waals surface area contributed by atoms with Gasteiger partial charge in [-0.25, -0.2) is 9.59 Å². The van der Waals surface area contributed by atoms with Gasteiger partial charge in [0.15, 0.2) is 0 Å². The van der Waals surface area contributed by atoms with Crippen LogP contribution in [0.1, 0.15) is 57.6 Å². The van der Waals surface area contributed by atoms with E-state index in [1.165, 1.54) is 7.11 Å². The van der Waals surface area contributed by atoms with Crippen LogP contribution in [0.25, 0.3) is 11.1 Å². The van der Waals surface area contributed by atoms with Crippen molar-refractivity contribution in [1.82, 2.24) is 10.2 Å². The highest BCUT2D eigenvalue weighted by atomic mass is 35.5. The molecule has 3 rings (SSSR count). The molecule has 0 bridgehead atoms. The monoisotopic (exact) mass is 530 g/mol. The molecule has 1 heterocycles. The van der Waals surface area contributed by atoms with Crippen LogP contribution in [-0.2, 0) is 15.1 Å². The first-order valence-electron chi connectivity index (χ1n) is 12.8. The van der Waals surface area contributed by atoms with E-state index in [0.29, 0.717) is 37.5 Å². The first-order valence-corrected chi connectivity index (χ1v) is 13.2. The van der Waals surface area contributed by atoms with Crippen molar-refractivity contribution in [2.45, 2.75) is 64.6 Å². The molecule has 0 saturated carbocycles. The van der Waals surface area contributed by atoms with Gasteiger partial charge in [0.25, 0.3) is 0 Å². The van der Waals surface area contributed by atoms with Crippen LogP contribution in [0.15, 0.2) is 42.5 Å². The first kappa shape index (κ1) is 28.8. The number of aliphatic hydroxyl groups is 1. The van der Waals surface area contributed by atoms with Crippen molar-refractivity contribution in [3.63, 3.8) is 0 Å². The van der Waals surface area contributed by atoms with Crippen LogP contribution in [0, 0.1) is 12.8 Å². The number of aryl methyl sites for hydroxylation is 1. The number of amides is 2. The van der Waals surface area contributed by atoms with E-state index in [1.54, 1.807) is 4.90 Å². The molecule has 7 nitrogen and oxygen atoms in total. The number of benzene rings is 2. The zero-order chi connectivity index (χ0) is 27.2. The number of nitrogens with zero attached hydrogens (tertiary/aromatic N) is 1. The molecule has 1 aliphatic heterocycles. The maximum absolute atomic E-state index is 12.9. The molecule has 2 amide bonds. The number of alkyl carbamates (subject to hydrolysis) is 1. The second kappa shape index (κ2) is 12.2. The summed E-state index contributed by atoms with van der Waals surface area (Å²) in [6.45, 7) is 8.83. The summed E-state index contributed by atoms with van der Waals surface area (Å²) in [6, 6.07) is 13.6. The number of carbonyl (C=O) groups excluding carboxylic acids is 2. The number of methoxy groups -OCH3 is 1. The number of rotatable bonds is 7. The van der Waals surface area contributed by atoms with Gasteiger partial charge in [-0.15, -0.1) is 0 Å². The standard InChI is InChI=1S/C29H39ClN2O5/c1-20-10-6-11-21(18-20)25-23(13-7-14-24(25)30)29(35,15-9-16-31-26(33)36-5)22-12-8-17-32(19-22)27(34)37-28(2,3)4/h6-7,10-11,13-14,18,22,35H,8-9,12,15-17,19H2,1-5H3,(H,31,33)/t22-,29?/m1/s1. The Morgan fingerprint density at radius 2 is 1.92 bits per heavy atom. The molecule has 0 spiro atoms. The van der Waals surface area contributed by atoms with Crippen molar-refractivity contribution in [2.75, 3.05) is 26.7 Å². The van der Waals surface area contributed by atoms with E-state index >= 15 is 0 Å². The summed E-state index contributed by atoms with van der Waals surface area (Å²) in [4.78, 5) is 26.2. The summed E-state index contributed by atoms with van der Waals surface area (Å²) in [7, 11) is 1.32. The molecule has 1 saturated heterocycles. The zero-order valence-corrected chi connectivity index (χ0v) is 23.2. The summed E-state index contributed by atoms with van der Waals surface area (Å²) in [6.07, 6.45) is 1.46. The van der Waals surface area contributed by atoms with E-state index in [2.05, 4.69) is 16.1 Å². The van der Waals surface area contributed by atoms with Crippen molar-refractivity contribution >= 4 is 23.8 Å². The lowest BCUT2D eigenvalue weighted by Crippen LogP contribution is -2.49. The lowest BCUT2D eigenvalue weighted by molar-refractivity contribution is -0.0629. The molecule has 2 N–H and O–H groups in total. The maximum atomic E-state index is 12.9. The predicted octanol–water partition coefficient (Wildman–Crippen LogP) is 6.29. The van der Waals surface area contributed by atoms with Crippen molar-refractivity contribution < 1.29 is 24.2 Å². The van der Waals surface area contributed by atoms with Crippen LogP contribution in [-0.4, -0.2) is 54.5 Å². The highest BCUT2D eigenvalue weighted by Gasteiger charge is 2.43. The maximum Gasteiger partial charge on any atom is 0.410 e. The summed E-state index contributed by atoms with van der Waals surface area (Å²) in [5.74, 6) is -0.256. The Balaban J connectivity index is 2.00. The fraction of sp³-hybridized carbons (Fsp3) is 0.517. The molecule has 2 aromatic carbocycles. The van der Waals surface area contributed by atoms with Crippen LogP contribution < -0.4 is 5.32 Å².